The topological polar surface area (TPSA) is 89.3 Å². The lowest BCUT2D eigenvalue weighted by atomic mass is 10.2. The van der Waals surface area contributed by atoms with Crippen LogP contribution in [-0.4, -0.2) is 13.3 Å². The van der Waals surface area contributed by atoms with Crippen LogP contribution in [-0.2, 0) is 10.0 Å². The maximum absolute atomic E-state index is 12.3. The molecule has 0 atom stereocenters. The van der Waals surface area contributed by atoms with Crippen molar-refractivity contribution in [3.63, 3.8) is 0 Å². The van der Waals surface area contributed by atoms with Gasteiger partial charge in [0, 0.05) is 11.1 Å². The molecule has 2 aromatic rings. The number of nitro groups is 1. The maximum atomic E-state index is 12.3. The van der Waals surface area contributed by atoms with Crippen LogP contribution in [0.5, 0.6) is 0 Å². The molecule has 9 heteroatoms. The quantitative estimate of drug-likeness (QED) is 0.658. The van der Waals surface area contributed by atoms with E-state index in [-0.39, 0.29) is 9.92 Å². The minimum absolute atomic E-state index is 0.133. The van der Waals surface area contributed by atoms with Gasteiger partial charge in [-0.3, -0.25) is 14.8 Å². The van der Waals surface area contributed by atoms with Crippen LogP contribution >= 0.6 is 23.2 Å². The first-order chi connectivity index (χ1) is 10.2. The van der Waals surface area contributed by atoms with Gasteiger partial charge in [-0.2, -0.15) is 0 Å². The number of aryl methyl sites for hydroxylation is 1. The summed E-state index contributed by atoms with van der Waals surface area (Å²) in [7, 11) is -3.98. The lowest BCUT2D eigenvalue weighted by molar-refractivity contribution is -0.384. The summed E-state index contributed by atoms with van der Waals surface area (Å²) >= 11 is 11.5. The summed E-state index contributed by atoms with van der Waals surface area (Å²) in [5.74, 6) is 0. The number of rotatable bonds is 4. The average molecular weight is 361 g/mol. The van der Waals surface area contributed by atoms with Crippen molar-refractivity contribution in [2.45, 2.75) is 11.8 Å². The molecule has 2 rings (SSSR count). The van der Waals surface area contributed by atoms with Crippen molar-refractivity contribution in [3.05, 3.63) is 62.1 Å². The van der Waals surface area contributed by atoms with Crippen LogP contribution in [0.3, 0.4) is 0 Å². The Hall–Kier alpha value is -1.83. The predicted molar refractivity (Wildman–Crippen MR) is 85.1 cm³/mol. The summed E-state index contributed by atoms with van der Waals surface area (Å²) in [6.45, 7) is 1.69. The molecule has 116 valence electrons. The Morgan fingerprint density at radius 3 is 2.41 bits per heavy atom. The molecule has 1 N–H and O–H groups in total. The normalized spacial score (nSPS) is 11.2. The lowest BCUT2D eigenvalue weighted by Crippen LogP contribution is -2.14. The molecule has 0 unspecified atom stereocenters. The van der Waals surface area contributed by atoms with Crippen molar-refractivity contribution in [2.24, 2.45) is 0 Å². The number of halogens is 2. The minimum atomic E-state index is -3.98. The van der Waals surface area contributed by atoms with Gasteiger partial charge in [-0.1, -0.05) is 23.2 Å². The highest BCUT2D eigenvalue weighted by molar-refractivity contribution is 7.92. The fourth-order valence-corrected chi connectivity index (χ4v) is 3.31. The van der Waals surface area contributed by atoms with E-state index in [0.717, 1.165) is 6.07 Å². The molecular weight excluding hydrogens is 351 g/mol. The number of nitrogens with one attached hydrogen (secondary N) is 1. The highest BCUT2D eigenvalue weighted by Gasteiger charge is 2.21. The molecule has 0 radical (unpaired) electrons. The number of nitro benzene ring substituents is 1. The van der Waals surface area contributed by atoms with Gasteiger partial charge in [-0.25, -0.2) is 8.42 Å². The van der Waals surface area contributed by atoms with E-state index in [4.69, 9.17) is 23.2 Å². The van der Waals surface area contributed by atoms with Gasteiger partial charge in [0.15, 0.2) is 0 Å². The second-order valence-electron chi connectivity index (χ2n) is 4.44. The first kappa shape index (κ1) is 16.5. The van der Waals surface area contributed by atoms with E-state index in [1.807, 2.05) is 0 Å². The number of hydrogen-bond donors (Lipinski definition) is 1. The number of sulfonamides is 1. The third-order valence-electron chi connectivity index (χ3n) is 2.86. The monoisotopic (exact) mass is 360 g/mol. The Morgan fingerprint density at radius 1 is 1.14 bits per heavy atom. The van der Waals surface area contributed by atoms with E-state index >= 15 is 0 Å². The molecule has 0 aliphatic carbocycles. The van der Waals surface area contributed by atoms with Crippen LogP contribution in [0.2, 0.25) is 10.0 Å². The summed E-state index contributed by atoms with van der Waals surface area (Å²) in [4.78, 5) is 9.85. The van der Waals surface area contributed by atoms with Crippen molar-refractivity contribution >= 4 is 44.6 Å². The van der Waals surface area contributed by atoms with Crippen LogP contribution in [0.1, 0.15) is 5.56 Å². The summed E-state index contributed by atoms with van der Waals surface area (Å²) in [6, 6.07) is 7.93. The first-order valence-corrected chi connectivity index (χ1v) is 8.17. The summed E-state index contributed by atoms with van der Waals surface area (Å²) in [5, 5.41) is 11.2. The fourth-order valence-electron chi connectivity index (χ4n) is 1.74. The van der Waals surface area contributed by atoms with E-state index in [9.17, 15) is 18.5 Å². The van der Waals surface area contributed by atoms with Gasteiger partial charge in [0.05, 0.1) is 15.5 Å². The Morgan fingerprint density at radius 2 is 1.82 bits per heavy atom. The summed E-state index contributed by atoms with van der Waals surface area (Å²) in [5.41, 5.74) is 0.485. The average Bonchev–Trinajstić information content (AvgIpc) is 2.42. The smallest absolute Gasteiger partial charge is 0.279 e. The molecule has 0 fully saturated rings. The molecule has 22 heavy (non-hydrogen) atoms. The molecule has 0 saturated carbocycles. The molecule has 0 heterocycles. The predicted octanol–water partition coefficient (Wildman–Crippen LogP) is 4.01. The van der Waals surface area contributed by atoms with Gasteiger partial charge in [-0.05, 0) is 42.8 Å². The molecular formula is C13H10Cl2N2O4S. The third-order valence-corrected chi connectivity index (χ3v) is 4.78. The number of benzene rings is 2. The number of nitrogens with zero attached hydrogens (tertiary/aromatic N) is 1. The Labute approximate surface area is 136 Å². The molecule has 0 saturated heterocycles. The Balaban J connectivity index is 2.42. The Bertz CT molecular complexity index is 853. The minimum Gasteiger partial charge on any atom is -0.279 e. The van der Waals surface area contributed by atoms with Gasteiger partial charge >= 0.3 is 0 Å². The third kappa shape index (κ3) is 3.49. The van der Waals surface area contributed by atoms with Crippen molar-refractivity contribution in [1.29, 1.82) is 0 Å². The summed E-state index contributed by atoms with van der Waals surface area (Å²) in [6.07, 6.45) is 0. The van der Waals surface area contributed by atoms with Crippen LogP contribution < -0.4 is 4.72 Å². The maximum Gasteiger partial charge on any atom is 0.289 e. The second-order valence-corrected chi connectivity index (χ2v) is 6.96. The van der Waals surface area contributed by atoms with E-state index in [2.05, 4.69) is 4.72 Å². The van der Waals surface area contributed by atoms with E-state index in [1.165, 1.54) is 24.3 Å². The highest BCUT2D eigenvalue weighted by Crippen LogP contribution is 2.29. The van der Waals surface area contributed by atoms with Gasteiger partial charge < -0.3 is 0 Å². The largest absolute Gasteiger partial charge is 0.289 e. The molecule has 0 bridgehead atoms. The molecule has 0 amide bonds. The van der Waals surface area contributed by atoms with Gasteiger partial charge in [0.25, 0.3) is 15.7 Å². The zero-order valence-corrected chi connectivity index (χ0v) is 13.5. The zero-order valence-electron chi connectivity index (χ0n) is 11.2. The molecule has 6 nitrogen and oxygen atoms in total. The lowest BCUT2D eigenvalue weighted by Gasteiger charge is -2.11. The molecule has 0 aliphatic heterocycles. The molecule has 0 spiro atoms. The van der Waals surface area contributed by atoms with E-state index < -0.39 is 20.6 Å². The van der Waals surface area contributed by atoms with E-state index in [1.54, 1.807) is 13.0 Å². The van der Waals surface area contributed by atoms with Crippen LogP contribution in [0.25, 0.3) is 0 Å². The van der Waals surface area contributed by atoms with Gasteiger partial charge in [-0.15, -0.1) is 0 Å². The standard InChI is InChI=1S/C13H10Cl2N2O4S/c1-8-6-9(14)2-5-12(8)16-22(20,21)10-3-4-11(15)13(7-10)17(18)19/h2-7,16H,1H3. The van der Waals surface area contributed by atoms with Crippen LogP contribution in [0.4, 0.5) is 11.4 Å². The van der Waals surface area contributed by atoms with Crippen molar-refractivity contribution < 1.29 is 13.3 Å². The molecule has 0 aliphatic rings. The summed E-state index contributed by atoms with van der Waals surface area (Å²) < 4.78 is 27.0. The molecule has 2 aromatic carbocycles. The highest BCUT2D eigenvalue weighted by atomic mass is 35.5. The Kier molecular flexibility index (Phi) is 4.60. The zero-order chi connectivity index (χ0) is 16.5. The number of anilines is 1. The first-order valence-electron chi connectivity index (χ1n) is 5.93. The van der Waals surface area contributed by atoms with Crippen molar-refractivity contribution in [1.82, 2.24) is 0 Å². The number of hydrogen-bond acceptors (Lipinski definition) is 4. The molecule has 0 aromatic heterocycles. The second kappa shape index (κ2) is 6.12. The van der Waals surface area contributed by atoms with Gasteiger partial charge in [0.1, 0.15) is 5.02 Å². The van der Waals surface area contributed by atoms with Crippen molar-refractivity contribution in [3.8, 4) is 0 Å². The van der Waals surface area contributed by atoms with Crippen LogP contribution in [0, 0.1) is 17.0 Å². The van der Waals surface area contributed by atoms with E-state index in [0.29, 0.717) is 16.3 Å². The fraction of sp³-hybridized carbons (Fsp3) is 0.0769. The van der Waals surface area contributed by atoms with Crippen LogP contribution in [0.15, 0.2) is 41.3 Å². The SMILES string of the molecule is Cc1cc(Cl)ccc1NS(=O)(=O)c1ccc(Cl)c([N+](=O)[O-])c1. The van der Waals surface area contributed by atoms with Gasteiger partial charge in [0.2, 0.25) is 0 Å². The van der Waals surface area contributed by atoms with Crippen molar-refractivity contribution in [2.75, 3.05) is 4.72 Å².